The number of H-pyrrole nitrogens is 1. The average molecular weight is 445 g/mol. The van der Waals surface area contributed by atoms with E-state index in [-0.39, 0.29) is 23.6 Å². The summed E-state index contributed by atoms with van der Waals surface area (Å²) in [6, 6.07) is 10.2. The lowest BCUT2D eigenvalue weighted by molar-refractivity contribution is 0.0944. The lowest BCUT2D eigenvalue weighted by atomic mass is 10.0. The lowest BCUT2D eigenvalue weighted by Crippen LogP contribution is -2.31. The molecule has 1 aromatic carbocycles. The normalized spacial score (nSPS) is 18.3. The molecule has 1 aliphatic carbocycles. The number of carbonyl (C=O) groups excluding carboxylic acids is 1. The van der Waals surface area contributed by atoms with Gasteiger partial charge >= 0.3 is 0 Å². The third-order valence-electron chi connectivity index (χ3n) is 6.20. The van der Waals surface area contributed by atoms with Gasteiger partial charge in [0.15, 0.2) is 11.6 Å². The molecule has 1 saturated carbocycles. The van der Waals surface area contributed by atoms with E-state index < -0.39 is 5.82 Å². The first kappa shape index (κ1) is 19.5. The number of aromatic nitrogens is 3. The van der Waals surface area contributed by atoms with Gasteiger partial charge in [-0.05, 0) is 30.7 Å². The number of carbonyl (C=O) groups is 1. The van der Waals surface area contributed by atoms with Crippen LogP contribution in [0.3, 0.4) is 0 Å². The summed E-state index contributed by atoms with van der Waals surface area (Å²) in [5.41, 5.74) is 5.05. The predicted octanol–water partition coefficient (Wildman–Crippen LogP) is 4.12. The van der Waals surface area contributed by atoms with Gasteiger partial charge in [0.05, 0.1) is 42.4 Å². The van der Waals surface area contributed by atoms with Crippen molar-refractivity contribution in [3.05, 3.63) is 59.7 Å². The number of rotatable bonds is 5. The van der Waals surface area contributed by atoms with Crippen molar-refractivity contribution in [2.45, 2.75) is 18.4 Å². The van der Waals surface area contributed by atoms with Crippen LogP contribution in [0.2, 0.25) is 0 Å². The molecule has 3 N–H and O–H groups in total. The number of nitrogens with one attached hydrogen (secondary N) is 3. The number of para-hydroxylation sites is 1. The second-order valence-corrected chi connectivity index (χ2v) is 8.11. The Morgan fingerprint density at radius 1 is 1.15 bits per heavy atom. The maximum Gasteiger partial charge on any atom is 0.255 e. The number of halogens is 1. The quantitative estimate of drug-likeness (QED) is 0.427. The summed E-state index contributed by atoms with van der Waals surface area (Å²) in [6.07, 6.45) is 2.57. The minimum absolute atomic E-state index is 0.0679. The Kier molecular flexibility index (Phi) is 4.26. The molecule has 1 amide bonds. The molecule has 2 atom stereocenters. The number of hydrogen-bond donors (Lipinski definition) is 3. The number of ether oxygens (including phenoxy) is 2. The number of anilines is 2. The number of methoxy groups -OCH3 is 2. The maximum absolute atomic E-state index is 14.4. The fraction of sp³-hybridized carbons (Fsp3) is 0.208. The highest BCUT2D eigenvalue weighted by molar-refractivity contribution is 6.09. The average Bonchev–Trinajstić information content (AvgIpc) is 3.50. The number of benzene rings is 1. The number of aromatic amines is 1. The van der Waals surface area contributed by atoms with Crippen molar-refractivity contribution in [1.29, 1.82) is 0 Å². The second kappa shape index (κ2) is 7.19. The Bertz CT molecular complexity index is 1430. The van der Waals surface area contributed by atoms with Gasteiger partial charge in [-0.1, -0.05) is 6.07 Å². The van der Waals surface area contributed by atoms with Crippen molar-refractivity contribution in [3.8, 4) is 22.9 Å². The molecule has 1 fully saturated rings. The van der Waals surface area contributed by atoms with Crippen LogP contribution in [-0.2, 0) is 0 Å². The summed E-state index contributed by atoms with van der Waals surface area (Å²) in [4.78, 5) is 25.5. The van der Waals surface area contributed by atoms with E-state index in [9.17, 15) is 9.18 Å². The minimum atomic E-state index is -0.499. The van der Waals surface area contributed by atoms with E-state index in [1.54, 1.807) is 31.5 Å². The molecule has 33 heavy (non-hydrogen) atoms. The first-order valence-corrected chi connectivity index (χ1v) is 10.6. The largest absolute Gasteiger partial charge is 0.492 e. The summed E-state index contributed by atoms with van der Waals surface area (Å²) in [6.45, 7) is 0. The standard InChI is InChI=1S/C24H20FN5O3/c1-32-17-7-6-14-19(29-17)11(8-9-26-14)21-22(27-15-5-3-4-13(25)23(15)33-2)18-20(30-21)12-10-16(12)28-24(18)31/h3-9,12,16,27,30H,10H2,1-2H3,(H,28,31)/t12-,16+/m0/s1. The predicted molar refractivity (Wildman–Crippen MR) is 121 cm³/mol. The van der Waals surface area contributed by atoms with Crippen molar-refractivity contribution >= 4 is 28.3 Å². The summed E-state index contributed by atoms with van der Waals surface area (Å²) < 4.78 is 25.0. The Labute approximate surface area is 188 Å². The minimum Gasteiger partial charge on any atom is -0.492 e. The topological polar surface area (TPSA) is 101 Å². The monoisotopic (exact) mass is 445 g/mol. The zero-order chi connectivity index (χ0) is 22.7. The molecule has 2 aliphatic rings. The highest BCUT2D eigenvalue weighted by atomic mass is 19.1. The van der Waals surface area contributed by atoms with Crippen LogP contribution in [-0.4, -0.2) is 41.1 Å². The summed E-state index contributed by atoms with van der Waals surface area (Å²) >= 11 is 0. The molecule has 0 saturated heterocycles. The van der Waals surface area contributed by atoms with Crippen LogP contribution >= 0.6 is 0 Å². The van der Waals surface area contributed by atoms with E-state index in [2.05, 4.69) is 25.6 Å². The van der Waals surface area contributed by atoms with E-state index in [4.69, 9.17) is 9.47 Å². The second-order valence-electron chi connectivity index (χ2n) is 8.11. The lowest BCUT2D eigenvalue weighted by Gasteiger charge is -2.16. The van der Waals surface area contributed by atoms with E-state index >= 15 is 0 Å². The molecule has 8 nitrogen and oxygen atoms in total. The molecule has 0 spiro atoms. The third kappa shape index (κ3) is 3.00. The van der Waals surface area contributed by atoms with E-state index in [0.29, 0.717) is 39.5 Å². The number of pyridine rings is 2. The Balaban J connectivity index is 1.60. The van der Waals surface area contributed by atoms with Crippen LogP contribution in [0, 0.1) is 5.82 Å². The van der Waals surface area contributed by atoms with Crippen LogP contribution in [0.5, 0.6) is 11.6 Å². The maximum atomic E-state index is 14.4. The molecule has 4 aromatic rings. The van der Waals surface area contributed by atoms with Crippen molar-refractivity contribution < 1.29 is 18.7 Å². The zero-order valence-corrected chi connectivity index (χ0v) is 17.9. The van der Waals surface area contributed by atoms with Gasteiger partial charge in [-0.2, -0.15) is 0 Å². The van der Waals surface area contributed by atoms with Crippen LogP contribution in [0.4, 0.5) is 15.8 Å². The molecule has 0 bridgehead atoms. The first-order valence-electron chi connectivity index (χ1n) is 10.6. The molecule has 166 valence electrons. The van der Waals surface area contributed by atoms with Gasteiger partial charge < -0.3 is 25.1 Å². The van der Waals surface area contributed by atoms with Crippen molar-refractivity contribution in [2.24, 2.45) is 0 Å². The zero-order valence-electron chi connectivity index (χ0n) is 17.9. The van der Waals surface area contributed by atoms with E-state index in [1.165, 1.54) is 13.2 Å². The smallest absolute Gasteiger partial charge is 0.255 e. The molecule has 9 heteroatoms. The van der Waals surface area contributed by atoms with Crippen molar-refractivity contribution in [3.63, 3.8) is 0 Å². The van der Waals surface area contributed by atoms with Gasteiger partial charge in [-0.3, -0.25) is 9.78 Å². The summed E-state index contributed by atoms with van der Waals surface area (Å²) in [7, 11) is 2.96. The highest BCUT2D eigenvalue weighted by Gasteiger charge is 2.48. The molecule has 6 rings (SSSR count). The van der Waals surface area contributed by atoms with Crippen LogP contribution < -0.4 is 20.1 Å². The Hall–Kier alpha value is -4.14. The van der Waals surface area contributed by atoms with Crippen LogP contribution in [0.25, 0.3) is 22.3 Å². The molecule has 0 unspecified atom stereocenters. The molecule has 1 aliphatic heterocycles. The Morgan fingerprint density at radius 2 is 2.03 bits per heavy atom. The number of amides is 1. The van der Waals surface area contributed by atoms with E-state index in [0.717, 1.165) is 17.7 Å². The third-order valence-corrected chi connectivity index (χ3v) is 6.20. The van der Waals surface area contributed by atoms with Gasteiger partial charge in [-0.15, -0.1) is 0 Å². The fourth-order valence-electron chi connectivity index (χ4n) is 4.55. The SMILES string of the molecule is COc1ccc2nccc(-c3[nH]c4c(c3Nc3cccc(F)c3OC)C(=O)N[C@@H]3C[C@H]43)c2n1. The summed E-state index contributed by atoms with van der Waals surface area (Å²) in [5, 5.41) is 6.31. The molecular weight excluding hydrogens is 425 g/mol. The van der Waals surface area contributed by atoms with Gasteiger partial charge in [-0.25, -0.2) is 9.37 Å². The van der Waals surface area contributed by atoms with Gasteiger partial charge in [0.1, 0.15) is 5.52 Å². The molecule has 3 aromatic heterocycles. The van der Waals surface area contributed by atoms with E-state index in [1.807, 2.05) is 12.1 Å². The van der Waals surface area contributed by atoms with Gasteiger partial charge in [0, 0.05) is 35.5 Å². The van der Waals surface area contributed by atoms with Crippen molar-refractivity contribution in [1.82, 2.24) is 20.3 Å². The van der Waals surface area contributed by atoms with Gasteiger partial charge in [0.2, 0.25) is 5.88 Å². The number of fused-ring (bicyclic) bond motifs is 4. The molecular formula is C24H20FN5O3. The fourth-order valence-corrected chi connectivity index (χ4v) is 4.55. The summed E-state index contributed by atoms with van der Waals surface area (Å²) in [5.74, 6) is 0.0682. The molecule has 0 radical (unpaired) electrons. The number of nitrogens with zero attached hydrogens (tertiary/aromatic N) is 2. The van der Waals surface area contributed by atoms with Gasteiger partial charge in [0.25, 0.3) is 5.91 Å². The van der Waals surface area contributed by atoms with Crippen LogP contribution in [0.1, 0.15) is 28.4 Å². The molecule has 4 heterocycles. The Morgan fingerprint density at radius 3 is 2.85 bits per heavy atom. The van der Waals surface area contributed by atoms with Crippen molar-refractivity contribution in [2.75, 3.05) is 19.5 Å². The highest BCUT2D eigenvalue weighted by Crippen LogP contribution is 2.50. The number of hydrogen-bond acceptors (Lipinski definition) is 6. The first-order chi connectivity index (χ1) is 16.1. The van der Waals surface area contributed by atoms with Crippen LogP contribution in [0.15, 0.2) is 42.6 Å².